The second-order valence-corrected chi connectivity index (χ2v) is 13.8. The maximum atomic E-state index is 14.2. The zero-order chi connectivity index (χ0) is 33.3. The van der Waals surface area contributed by atoms with Gasteiger partial charge in [0, 0.05) is 23.5 Å². The van der Waals surface area contributed by atoms with Gasteiger partial charge in [-0.3, -0.25) is 9.59 Å². The fourth-order valence-electron chi connectivity index (χ4n) is 6.81. The smallest absolute Gasteiger partial charge is 0.408 e. The van der Waals surface area contributed by atoms with Crippen LogP contribution >= 0.6 is 0 Å². The molecule has 0 bridgehead atoms. The second-order valence-electron chi connectivity index (χ2n) is 13.8. The van der Waals surface area contributed by atoms with Crippen LogP contribution in [0.2, 0.25) is 0 Å². The maximum Gasteiger partial charge on any atom is 0.408 e. The van der Waals surface area contributed by atoms with Crippen molar-refractivity contribution in [3.8, 4) is 11.1 Å². The molecule has 47 heavy (non-hydrogen) atoms. The van der Waals surface area contributed by atoms with E-state index in [0.717, 1.165) is 41.5 Å². The van der Waals surface area contributed by atoms with Crippen LogP contribution in [0.25, 0.3) is 11.1 Å². The molecule has 11 nitrogen and oxygen atoms in total. The predicted molar refractivity (Wildman–Crippen MR) is 175 cm³/mol. The number of allylic oxidation sites excluding steroid dienone is 1. The number of carbonyl (C=O) groups is 4. The highest BCUT2D eigenvalue weighted by Gasteiger charge is 2.61. The number of oxime groups is 1. The van der Waals surface area contributed by atoms with Crippen LogP contribution in [0.5, 0.6) is 0 Å². The molecule has 6 rings (SSSR count). The van der Waals surface area contributed by atoms with Crippen molar-refractivity contribution in [2.24, 2.45) is 11.1 Å². The summed E-state index contributed by atoms with van der Waals surface area (Å²) in [7, 11) is 0. The van der Waals surface area contributed by atoms with Crippen molar-refractivity contribution in [1.29, 1.82) is 0 Å². The molecule has 2 aliphatic carbocycles. The third-order valence-corrected chi connectivity index (χ3v) is 9.26. The third kappa shape index (κ3) is 6.75. The summed E-state index contributed by atoms with van der Waals surface area (Å²) in [6, 6.07) is 13.9. The molecule has 1 unspecified atom stereocenters. The van der Waals surface area contributed by atoms with Crippen LogP contribution < -0.4 is 10.6 Å². The minimum Gasteiger partial charge on any atom is -0.479 e. The molecule has 2 aromatic carbocycles. The quantitative estimate of drug-likeness (QED) is 0.274. The molecule has 2 aliphatic heterocycles. The van der Waals surface area contributed by atoms with Crippen molar-refractivity contribution in [1.82, 2.24) is 15.5 Å². The van der Waals surface area contributed by atoms with Gasteiger partial charge in [-0.2, -0.15) is 0 Å². The summed E-state index contributed by atoms with van der Waals surface area (Å²) in [4.78, 5) is 60.8. The summed E-state index contributed by atoms with van der Waals surface area (Å²) in [6.45, 7) is 5.26. The molecule has 248 valence electrons. The number of fused-ring (bicyclic) bond motifs is 5. The first-order valence-electron chi connectivity index (χ1n) is 16.4. The molecule has 11 heteroatoms. The Balaban J connectivity index is 1.29. The highest BCUT2D eigenvalue weighted by Crippen LogP contribution is 2.45. The lowest BCUT2D eigenvalue weighted by molar-refractivity contribution is -0.145. The number of hydrogen-bond donors (Lipinski definition) is 3. The number of nitrogens with zero attached hydrogens (tertiary/aromatic N) is 2. The Kier molecular flexibility index (Phi) is 8.82. The van der Waals surface area contributed by atoms with Gasteiger partial charge in [0.1, 0.15) is 35.0 Å². The van der Waals surface area contributed by atoms with Gasteiger partial charge in [-0.05, 0) is 57.6 Å². The highest BCUT2D eigenvalue weighted by molar-refractivity contribution is 6.24. The van der Waals surface area contributed by atoms with Gasteiger partial charge in [-0.25, -0.2) is 9.59 Å². The van der Waals surface area contributed by atoms with Crippen LogP contribution in [0.4, 0.5) is 4.79 Å². The summed E-state index contributed by atoms with van der Waals surface area (Å²) in [6.07, 6.45) is 6.28. The Labute approximate surface area is 274 Å². The van der Waals surface area contributed by atoms with Crippen LogP contribution in [0.3, 0.4) is 0 Å². The van der Waals surface area contributed by atoms with Crippen molar-refractivity contribution < 1.29 is 33.9 Å². The lowest BCUT2D eigenvalue weighted by atomic mass is 10.0. The van der Waals surface area contributed by atoms with E-state index in [4.69, 9.17) is 9.57 Å². The first kappa shape index (κ1) is 32.3. The van der Waals surface area contributed by atoms with Crippen LogP contribution in [-0.4, -0.2) is 75.5 Å². The monoisotopic (exact) mass is 642 g/mol. The molecule has 0 spiro atoms. The van der Waals surface area contributed by atoms with E-state index in [-0.39, 0.29) is 25.3 Å². The van der Waals surface area contributed by atoms with E-state index in [2.05, 4.69) is 15.8 Å². The number of carboxylic acids is 1. The summed E-state index contributed by atoms with van der Waals surface area (Å²) < 4.78 is 5.46. The summed E-state index contributed by atoms with van der Waals surface area (Å²) >= 11 is 0. The Morgan fingerprint density at radius 3 is 2.30 bits per heavy atom. The molecule has 2 fully saturated rings. The van der Waals surface area contributed by atoms with E-state index in [0.29, 0.717) is 18.6 Å². The van der Waals surface area contributed by atoms with Gasteiger partial charge in [-0.1, -0.05) is 78.7 Å². The SMILES string of the molecule is CC(C)(C)OC(=O)N[C@@H]1CCCCC/C=C\C2C[C@@]2(C(=O)O)NC(=O)[C@@H]2C[C@@H](ON=C3c4ccccc4-c4ccccc43)CN2C1=O. The molecule has 0 radical (unpaired) electrons. The third-order valence-electron chi connectivity index (χ3n) is 9.26. The Morgan fingerprint density at radius 1 is 1.00 bits per heavy atom. The molecule has 4 aliphatic rings. The van der Waals surface area contributed by atoms with Gasteiger partial charge in [-0.15, -0.1) is 0 Å². The number of carboxylic acid groups (broad SMARTS) is 1. The zero-order valence-electron chi connectivity index (χ0n) is 27.0. The largest absolute Gasteiger partial charge is 0.479 e. The van der Waals surface area contributed by atoms with E-state index in [9.17, 15) is 24.3 Å². The van der Waals surface area contributed by atoms with E-state index in [1.807, 2.05) is 60.7 Å². The van der Waals surface area contributed by atoms with E-state index >= 15 is 0 Å². The molecule has 5 atom stereocenters. The van der Waals surface area contributed by atoms with Crippen LogP contribution in [0.1, 0.15) is 76.8 Å². The standard InChI is InChI=1S/C36H42N4O7/c1-35(2,3)46-34(45)37-28-18-8-6-4-5-7-13-22-20-36(22,33(43)44)38-31(41)29-19-23(21-40(29)32(28)42)47-39-30-26-16-11-9-14-24(26)25-15-10-12-17-27(25)30/h7,9-17,22-23,28-29H,4-6,8,18-21H2,1-3H3,(H,37,45)(H,38,41)(H,43,44)/b13-7-/t22?,23-,28-,29+,36-/m1/s1. The molecule has 0 aromatic heterocycles. The van der Waals surface area contributed by atoms with Crippen molar-refractivity contribution in [2.45, 2.75) is 95.0 Å². The first-order valence-corrected chi connectivity index (χ1v) is 16.4. The summed E-state index contributed by atoms with van der Waals surface area (Å²) in [5.41, 5.74) is 2.41. The number of carbonyl (C=O) groups excluding carboxylic acids is 3. The first-order chi connectivity index (χ1) is 22.5. The number of benzene rings is 2. The van der Waals surface area contributed by atoms with Gasteiger partial charge in [0.15, 0.2) is 0 Å². The molecule has 3 amide bonds. The Morgan fingerprint density at radius 2 is 1.66 bits per heavy atom. The minimum atomic E-state index is -1.42. The molecule has 2 aromatic rings. The lowest BCUT2D eigenvalue weighted by Crippen LogP contribution is -2.56. The summed E-state index contributed by atoms with van der Waals surface area (Å²) in [5.74, 6) is -2.46. The van der Waals surface area contributed by atoms with E-state index in [1.54, 1.807) is 20.8 Å². The number of nitrogens with one attached hydrogen (secondary N) is 2. The molecular formula is C36H42N4O7. The van der Waals surface area contributed by atoms with Crippen molar-refractivity contribution >= 4 is 29.6 Å². The zero-order valence-corrected chi connectivity index (χ0v) is 27.0. The number of aliphatic carboxylic acids is 1. The number of hydrogen-bond acceptors (Lipinski definition) is 7. The normalized spacial score (nSPS) is 27.9. The average molecular weight is 643 g/mol. The maximum absolute atomic E-state index is 14.2. The number of ether oxygens (including phenoxy) is 1. The predicted octanol–water partition coefficient (Wildman–Crippen LogP) is 4.78. The lowest BCUT2D eigenvalue weighted by Gasteiger charge is -2.30. The minimum absolute atomic E-state index is 0.0346. The summed E-state index contributed by atoms with van der Waals surface area (Å²) in [5, 5.41) is 20.2. The molecular weight excluding hydrogens is 600 g/mol. The number of rotatable bonds is 4. The van der Waals surface area contributed by atoms with Crippen LogP contribution in [0, 0.1) is 5.92 Å². The van der Waals surface area contributed by atoms with Gasteiger partial charge < -0.3 is 30.2 Å². The molecule has 1 saturated heterocycles. The highest BCUT2D eigenvalue weighted by atomic mass is 16.6. The molecule has 3 N–H and O–H groups in total. The number of alkyl carbamates (subject to hydrolysis) is 1. The van der Waals surface area contributed by atoms with E-state index in [1.165, 1.54) is 4.90 Å². The average Bonchev–Trinajstić information content (AvgIpc) is 3.40. The van der Waals surface area contributed by atoms with Crippen LogP contribution in [0.15, 0.2) is 65.8 Å². The van der Waals surface area contributed by atoms with Crippen molar-refractivity contribution in [3.63, 3.8) is 0 Å². The van der Waals surface area contributed by atoms with Gasteiger partial charge in [0.05, 0.1) is 6.54 Å². The fraction of sp³-hybridized carbons (Fsp3) is 0.472. The molecule has 1 saturated carbocycles. The van der Waals surface area contributed by atoms with Crippen LogP contribution in [-0.2, 0) is 24.0 Å². The van der Waals surface area contributed by atoms with Crippen molar-refractivity contribution in [2.75, 3.05) is 6.54 Å². The Bertz CT molecular complexity index is 1580. The fourth-order valence-corrected chi connectivity index (χ4v) is 6.81. The van der Waals surface area contributed by atoms with Gasteiger partial charge in [0.25, 0.3) is 0 Å². The topological polar surface area (TPSA) is 147 Å². The molecule has 2 heterocycles. The van der Waals surface area contributed by atoms with Gasteiger partial charge in [0.2, 0.25) is 11.8 Å². The van der Waals surface area contributed by atoms with Gasteiger partial charge >= 0.3 is 12.1 Å². The van der Waals surface area contributed by atoms with Crippen molar-refractivity contribution in [3.05, 3.63) is 71.8 Å². The number of amides is 3. The Hall–Kier alpha value is -4.67. The van der Waals surface area contributed by atoms with E-state index < -0.39 is 53.2 Å². The second kappa shape index (κ2) is 12.8.